The summed E-state index contributed by atoms with van der Waals surface area (Å²) in [6.45, 7) is 9.42. The number of benzene rings is 10. The summed E-state index contributed by atoms with van der Waals surface area (Å²) in [5, 5.41) is 11.0. The predicted molar refractivity (Wildman–Crippen MR) is 394 cm³/mol. The summed E-state index contributed by atoms with van der Waals surface area (Å²) in [4.78, 5) is 18.8. The second-order valence-corrected chi connectivity index (χ2v) is 38.6. The van der Waals surface area contributed by atoms with Crippen LogP contribution in [0.25, 0.3) is 67.3 Å². The van der Waals surface area contributed by atoms with Crippen LogP contribution in [0.4, 0.5) is 0 Å². The van der Waals surface area contributed by atoms with Crippen molar-refractivity contribution in [1.82, 2.24) is 19.9 Å². The second-order valence-electron chi connectivity index (χ2n) is 24.2. The molecule has 0 atom stereocenters. The van der Waals surface area contributed by atoms with Crippen LogP contribution < -0.4 is 41.5 Å². The van der Waals surface area contributed by atoms with Crippen molar-refractivity contribution in [2.75, 3.05) is 0 Å². The van der Waals surface area contributed by atoms with E-state index in [4.69, 9.17) is 4.98 Å². The molecule has 16 rings (SSSR count). The first-order valence-corrected chi connectivity index (χ1v) is 40.9. The molecule has 6 nitrogen and oxygen atoms in total. The normalized spacial score (nSPS) is 12.5. The molecule has 12 heteroatoms. The third kappa shape index (κ3) is 13.9. The molecule has 0 spiro atoms. The van der Waals surface area contributed by atoms with Crippen LogP contribution in [0.2, 0.25) is 26.2 Å². The third-order valence-electron chi connectivity index (χ3n) is 17.9. The van der Waals surface area contributed by atoms with Crippen LogP contribution in [0.1, 0.15) is 0 Å². The summed E-state index contributed by atoms with van der Waals surface area (Å²) in [5.41, 5.74) is 11.6. The van der Waals surface area contributed by atoms with Crippen LogP contribution in [0.3, 0.4) is 0 Å². The number of rotatable bonds is 10. The Balaban J connectivity index is 0.000000145. The summed E-state index contributed by atoms with van der Waals surface area (Å²) in [6.07, 6.45) is 7.61. The Morgan fingerprint density at radius 3 is 1.20 bits per heavy atom. The monoisotopic (exact) mass is 1660 g/mol. The first-order valence-electron chi connectivity index (χ1n) is 31.4. The molecule has 0 saturated heterocycles. The molecule has 6 heterocycles. The summed E-state index contributed by atoms with van der Waals surface area (Å²) < 4.78 is 25.9. The van der Waals surface area contributed by atoms with Crippen molar-refractivity contribution in [2.45, 2.75) is 36.0 Å². The summed E-state index contributed by atoms with van der Waals surface area (Å²) in [7, 11) is -9.67. The molecule has 10 aromatic carbocycles. The molecule has 4 aromatic heterocycles. The Hall–Kier alpha value is -9.30. The van der Waals surface area contributed by atoms with Crippen molar-refractivity contribution < 1.29 is 48.6 Å². The minimum atomic E-state index is -3.50. The first kappa shape index (κ1) is 68.1. The quantitative estimate of drug-likeness (QED) is 0.100. The van der Waals surface area contributed by atoms with E-state index in [1.807, 2.05) is 115 Å². The Labute approximate surface area is 594 Å². The van der Waals surface area contributed by atoms with Gasteiger partial charge in [-0.3, -0.25) is 0 Å². The van der Waals surface area contributed by atoms with Gasteiger partial charge >= 0.3 is 0 Å². The number of sulfone groups is 1. The molecule has 0 fully saturated rings. The van der Waals surface area contributed by atoms with Crippen molar-refractivity contribution in [2.24, 2.45) is 0 Å². The van der Waals surface area contributed by atoms with Crippen molar-refractivity contribution in [1.29, 1.82) is 0 Å². The average molecular weight is 1660 g/mol. The Kier molecular flexibility index (Phi) is 21.4. The van der Waals surface area contributed by atoms with Gasteiger partial charge in [-0.15, -0.1) is 125 Å². The molecule has 0 bridgehead atoms. The minimum Gasteiger partial charge on any atom is -0.305 e. The van der Waals surface area contributed by atoms with Gasteiger partial charge in [0, 0.05) is 65.0 Å². The molecule has 2 aliphatic rings. The molecular formula is C84H66Ir2N4O2SSi3-4. The number of pyridine rings is 4. The van der Waals surface area contributed by atoms with Gasteiger partial charge in [-0.25, -0.2) is 8.42 Å². The van der Waals surface area contributed by atoms with E-state index in [0.717, 1.165) is 45.0 Å². The van der Waals surface area contributed by atoms with E-state index >= 15 is 0 Å². The fraction of sp³-hybridized carbons (Fsp3) is 0.0476. The summed E-state index contributed by atoms with van der Waals surface area (Å²) in [5.74, 6) is 0. The fourth-order valence-corrected chi connectivity index (χ4v) is 24.0. The molecule has 2 aliphatic heterocycles. The summed E-state index contributed by atoms with van der Waals surface area (Å²) >= 11 is 0. The van der Waals surface area contributed by atoms with E-state index in [1.54, 1.807) is 36.7 Å². The average Bonchev–Trinajstić information content (AvgIpc) is 1.53. The van der Waals surface area contributed by atoms with Crippen LogP contribution in [0.15, 0.2) is 338 Å². The number of nitrogens with zero attached hydrogens (tertiary/aromatic N) is 4. The molecule has 474 valence electrons. The van der Waals surface area contributed by atoms with E-state index in [9.17, 15) is 8.42 Å². The molecule has 0 saturated carbocycles. The molecule has 2 radical (unpaired) electrons. The third-order valence-corrected chi connectivity index (χ3v) is 31.6. The van der Waals surface area contributed by atoms with E-state index in [1.165, 1.54) is 52.6 Å². The van der Waals surface area contributed by atoms with Gasteiger partial charge in [-0.05, 0) is 77.4 Å². The van der Waals surface area contributed by atoms with Crippen LogP contribution in [-0.4, -0.2) is 52.6 Å². The zero-order valence-corrected chi connectivity index (χ0v) is 62.0. The summed E-state index contributed by atoms with van der Waals surface area (Å²) in [6, 6.07) is 117. The molecular weight excluding hydrogens is 1600 g/mol. The largest absolute Gasteiger partial charge is 0.305 e. The second kappa shape index (κ2) is 30.2. The van der Waals surface area contributed by atoms with E-state index in [-0.39, 0.29) is 40.2 Å². The number of hydrogen-bond donors (Lipinski definition) is 0. The van der Waals surface area contributed by atoms with Crippen LogP contribution in [0, 0.1) is 24.3 Å². The topological polar surface area (TPSA) is 85.7 Å². The molecule has 0 aliphatic carbocycles. The van der Waals surface area contributed by atoms with Crippen molar-refractivity contribution in [3.63, 3.8) is 0 Å². The fourth-order valence-electron chi connectivity index (χ4n) is 12.7. The molecule has 14 aromatic rings. The van der Waals surface area contributed by atoms with E-state index in [0.29, 0.717) is 20.9 Å². The predicted octanol–water partition coefficient (Wildman–Crippen LogP) is 14.0. The van der Waals surface area contributed by atoms with E-state index in [2.05, 4.69) is 241 Å². The maximum absolute atomic E-state index is 13.0. The number of hydrogen-bond acceptors (Lipinski definition) is 6. The molecule has 0 unspecified atom stereocenters. The van der Waals surface area contributed by atoms with Crippen molar-refractivity contribution in [3.05, 3.63) is 352 Å². The smallest absolute Gasteiger partial charge is 0.189 e. The van der Waals surface area contributed by atoms with Crippen molar-refractivity contribution >= 4 is 75.6 Å². The van der Waals surface area contributed by atoms with Crippen LogP contribution in [-0.2, 0) is 50.0 Å². The van der Waals surface area contributed by atoms with Gasteiger partial charge in [0.05, 0.1) is 4.90 Å². The van der Waals surface area contributed by atoms with Gasteiger partial charge in [-0.2, -0.15) is 0 Å². The van der Waals surface area contributed by atoms with Gasteiger partial charge in [-0.1, -0.05) is 266 Å². The Morgan fingerprint density at radius 1 is 0.323 bits per heavy atom. The number of fused-ring (bicyclic) bond motifs is 6. The van der Waals surface area contributed by atoms with Crippen molar-refractivity contribution in [3.8, 4) is 67.3 Å². The van der Waals surface area contributed by atoms with Gasteiger partial charge in [0.2, 0.25) is 0 Å². The zero-order chi connectivity index (χ0) is 64.5. The molecule has 0 N–H and O–H groups in total. The standard InChI is InChI=1S/C37H30NSi2.C25H20NO2SSi.2C11H8N.2Ir/c1-39(2,29-14-6-3-7-15-29)32-23-25-35(38-27-32)28-22-24-34-33-20-12-13-21-36(33)40(37(34)26-28,30-16-8-4-9-17-30)31-18-10-5-11-19-31;1-30(2,19-8-4-3-5-9-19)20-13-15-23(26-17-20)18-12-14-22-21-10-6-7-11-24(21)29(27,28)25(22)16-18;2*1-2-6-10(7-3-1)11-8-4-5-9-12-11;;/h3-21,23-27H,1-2H3;3-11,13-17H,1-2H3;2*1-6,8-9H;;/q4*-1;;. The van der Waals surface area contributed by atoms with Gasteiger partial charge in [0.1, 0.15) is 16.1 Å². The molecule has 0 amide bonds. The minimum absolute atomic E-state index is 0. The van der Waals surface area contributed by atoms with Gasteiger partial charge < -0.3 is 19.9 Å². The number of aromatic nitrogens is 4. The van der Waals surface area contributed by atoms with Gasteiger partial charge in [0.15, 0.2) is 17.9 Å². The zero-order valence-electron chi connectivity index (χ0n) is 53.4. The first-order chi connectivity index (χ1) is 45.9. The van der Waals surface area contributed by atoms with Gasteiger partial charge in [0.25, 0.3) is 0 Å². The Morgan fingerprint density at radius 2 is 0.740 bits per heavy atom. The maximum atomic E-state index is 13.0. The van der Waals surface area contributed by atoms with E-state index < -0.39 is 34.1 Å². The molecule has 96 heavy (non-hydrogen) atoms. The Bertz CT molecular complexity index is 4810. The van der Waals surface area contributed by atoms with Crippen LogP contribution in [0.5, 0.6) is 0 Å². The van der Waals surface area contributed by atoms with Crippen LogP contribution >= 0.6 is 0 Å². The SMILES string of the molecule is C[Si](C)(c1ccccc1)c1ccc(-c2[c-]cc3c(c2)S(=O)(=O)c2ccccc2-3)nc1.C[Si](C)(c1ccccc1)c1ccc(-c2[c-]cc3c(c2)[Si](c2ccccc2)(c2ccccc2)c2ccccc2-3)nc1.[Ir].[Ir].[c-]1ccccc1-c1ccccn1.[c-]1ccccc1-c1ccccn1. The maximum Gasteiger partial charge on any atom is 0.189 e.